The second-order valence-corrected chi connectivity index (χ2v) is 3.90. The molecule has 0 heterocycles. The van der Waals surface area contributed by atoms with Crippen molar-refractivity contribution in [2.75, 3.05) is 6.26 Å². The van der Waals surface area contributed by atoms with Gasteiger partial charge in [-0.15, -0.1) is 11.8 Å². The Morgan fingerprint density at radius 2 is 1.87 bits per heavy atom. The van der Waals surface area contributed by atoms with E-state index < -0.39 is 0 Å². The van der Waals surface area contributed by atoms with Gasteiger partial charge in [0.25, 0.3) is 0 Å². The van der Waals surface area contributed by atoms with E-state index in [9.17, 15) is 0 Å². The second-order valence-electron chi connectivity index (χ2n) is 3.02. The van der Waals surface area contributed by atoms with E-state index in [0.29, 0.717) is 0 Å². The molecule has 0 atom stereocenters. The molecule has 0 aliphatic heterocycles. The molecule has 0 bridgehead atoms. The van der Waals surface area contributed by atoms with Crippen LogP contribution >= 0.6 is 11.8 Å². The summed E-state index contributed by atoms with van der Waals surface area (Å²) in [6, 6.07) is 18.5. The number of thioether (sulfide) groups is 1. The highest BCUT2D eigenvalue weighted by atomic mass is 32.2. The van der Waals surface area contributed by atoms with Gasteiger partial charge in [0.2, 0.25) is 0 Å². The quantitative estimate of drug-likeness (QED) is 0.716. The molecular weight excluding hydrogens is 204 g/mol. The number of benzene rings is 2. The van der Waals surface area contributed by atoms with E-state index in [0.717, 1.165) is 11.5 Å². The molecule has 2 aromatic rings. The highest BCUT2D eigenvalue weighted by molar-refractivity contribution is 7.98. The predicted molar refractivity (Wildman–Crippen MR) is 63.6 cm³/mol. The van der Waals surface area contributed by atoms with E-state index in [1.54, 1.807) is 11.8 Å². The Bertz CT molecular complexity index is 408. The first-order chi connectivity index (χ1) is 7.38. The Balaban J connectivity index is 2.11. The fourth-order valence-corrected chi connectivity index (χ4v) is 1.63. The number of rotatable bonds is 3. The molecule has 0 unspecified atom stereocenters. The van der Waals surface area contributed by atoms with Gasteiger partial charge in [-0.05, 0) is 48.7 Å². The minimum Gasteiger partial charge on any atom is -0.457 e. The van der Waals surface area contributed by atoms with Crippen molar-refractivity contribution in [1.29, 1.82) is 0 Å². The van der Waals surface area contributed by atoms with Gasteiger partial charge in [-0.1, -0.05) is 12.1 Å². The van der Waals surface area contributed by atoms with E-state index in [1.165, 1.54) is 4.90 Å². The molecular formula is C13H11OS. The first kappa shape index (κ1) is 10.1. The molecule has 0 spiro atoms. The zero-order valence-electron chi connectivity index (χ0n) is 8.44. The Hall–Kier alpha value is -1.41. The normalized spacial score (nSPS) is 9.93. The van der Waals surface area contributed by atoms with Gasteiger partial charge in [0.1, 0.15) is 11.5 Å². The summed E-state index contributed by atoms with van der Waals surface area (Å²) < 4.78 is 5.64. The zero-order valence-corrected chi connectivity index (χ0v) is 9.25. The molecule has 0 saturated carbocycles. The topological polar surface area (TPSA) is 9.23 Å². The Morgan fingerprint density at radius 1 is 1.07 bits per heavy atom. The van der Waals surface area contributed by atoms with Crippen molar-refractivity contribution in [2.45, 2.75) is 4.90 Å². The van der Waals surface area contributed by atoms with Crippen LogP contribution in [-0.4, -0.2) is 6.26 Å². The van der Waals surface area contributed by atoms with Crippen LogP contribution in [-0.2, 0) is 0 Å². The molecule has 0 aromatic heterocycles. The minimum absolute atomic E-state index is 0.814. The van der Waals surface area contributed by atoms with E-state index >= 15 is 0 Å². The fourth-order valence-electron chi connectivity index (χ4n) is 1.22. The highest BCUT2D eigenvalue weighted by Crippen LogP contribution is 2.23. The molecule has 0 N–H and O–H groups in total. The summed E-state index contributed by atoms with van der Waals surface area (Å²) in [5, 5.41) is 0. The SMILES string of the molecule is CSc1ccc(Oc2c[c]ccc2)cc1. The average molecular weight is 215 g/mol. The summed E-state index contributed by atoms with van der Waals surface area (Å²) in [7, 11) is 0. The first-order valence-electron chi connectivity index (χ1n) is 4.66. The van der Waals surface area contributed by atoms with Crippen LogP contribution in [0.15, 0.2) is 53.4 Å². The number of ether oxygens (including phenoxy) is 1. The van der Waals surface area contributed by atoms with Crippen LogP contribution in [0.4, 0.5) is 0 Å². The van der Waals surface area contributed by atoms with E-state index in [2.05, 4.69) is 12.3 Å². The van der Waals surface area contributed by atoms with E-state index in [1.807, 2.05) is 48.5 Å². The molecule has 1 radical (unpaired) electrons. The highest BCUT2D eigenvalue weighted by Gasteiger charge is 1.96. The number of hydrogen-bond acceptors (Lipinski definition) is 2. The van der Waals surface area contributed by atoms with Crippen molar-refractivity contribution in [3.05, 3.63) is 54.6 Å². The molecule has 2 aromatic carbocycles. The first-order valence-corrected chi connectivity index (χ1v) is 5.89. The molecule has 2 rings (SSSR count). The summed E-state index contributed by atoms with van der Waals surface area (Å²) in [6.07, 6.45) is 2.06. The maximum absolute atomic E-state index is 5.64. The third-order valence-corrected chi connectivity index (χ3v) is 2.72. The molecule has 0 aliphatic rings. The van der Waals surface area contributed by atoms with Crippen molar-refractivity contribution in [3.63, 3.8) is 0 Å². The molecule has 75 valence electrons. The third-order valence-electron chi connectivity index (χ3n) is 1.97. The van der Waals surface area contributed by atoms with Gasteiger partial charge in [0, 0.05) is 4.90 Å². The summed E-state index contributed by atoms with van der Waals surface area (Å²) in [5.74, 6) is 1.67. The van der Waals surface area contributed by atoms with Gasteiger partial charge in [0.15, 0.2) is 0 Å². The van der Waals surface area contributed by atoms with Gasteiger partial charge >= 0.3 is 0 Å². The van der Waals surface area contributed by atoms with Crippen LogP contribution in [0, 0.1) is 6.07 Å². The van der Waals surface area contributed by atoms with Crippen molar-refractivity contribution < 1.29 is 4.74 Å². The summed E-state index contributed by atoms with van der Waals surface area (Å²) >= 11 is 1.72. The van der Waals surface area contributed by atoms with Gasteiger partial charge < -0.3 is 4.74 Å². The van der Waals surface area contributed by atoms with Gasteiger partial charge in [-0.25, -0.2) is 0 Å². The van der Waals surface area contributed by atoms with Crippen molar-refractivity contribution in [3.8, 4) is 11.5 Å². The number of hydrogen-bond donors (Lipinski definition) is 0. The Morgan fingerprint density at radius 3 is 2.47 bits per heavy atom. The summed E-state index contributed by atoms with van der Waals surface area (Å²) in [6.45, 7) is 0. The molecule has 0 aliphatic carbocycles. The lowest BCUT2D eigenvalue weighted by atomic mass is 10.3. The lowest BCUT2D eigenvalue weighted by molar-refractivity contribution is 0.482. The third kappa shape index (κ3) is 2.77. The van der Waals surface area contributed by atoms with Crippen LogP contribution in [0.25, 0.3) is 0 Å². The van der Waals surface area contributed by atoms with Gasteiger partial charge in [-0.2, -0.15) is 0 Å². The Kier molecular flexibility index (Phi) is 3.30. The van der Waals surface area contributed by atoms with Crippen LogP contribution in [0.3, 0.4) is 0 Å². The zero-order chi connectivity index (χ0) is 10.5. The standard InChI is InChI=1S/C13H11OS/c1-15-13-9-7-12(8-10-13)14-11-5-3-2-4-6-11/h2-3,5-10H,1H3. The molecule has 0 amide bonds. The maximum atomic E-state index is 5.64. The minimum atomic E-state index is 0.814. The average Bonchev–Trinajstić information content (AvgIpc) is 2.31. The monoisotopic (exact) mass is 215 g/mol. The maximum Gasteiger partial charge on any atom is 0.128 e. The molecule has 0 saturated heterocycles. The molecule has 2 heteroatoms. The van der Waals surface area contributed by atoms with Crippen molar-refractivity contribution in [2.24, 2.45) is 0 Å². The largest absolute Gasteiger partial charge is 0.457 e. The van der Waals surface area contributed by atoms with Crippen molar-refractivity contribution >= 4 is 11.8 Å². The van der Waals surface area contributed by atoms with Crippen LogP contribution < -0.4 is 4.74 Å². The van der Waals surface area contributed by atoms with E-state index in [-0.39, 0.29) is 0 Å². The molecule has 15 heavy (non-hydrogen) atoms. The molecule has 1 nitrogen and oxygen atoms in total. The van der Waals surface area contributed by atoms with Crippen LogP contribution in [0.1, 0.15) is 0 Å². The van der Waals surface area contributed by atoms with Crippen LogP contribution in [0.2, 0.25) is 0 Å². The van der Waals surface area contributed by atoms with Crippen molar-refractivity contribution in [1.82, 2.24) is 0 Å². The summed E-state index contributed by atoms with van der Waals surface area (Å²) in [4.78, 5) is 1.24. The summed E-state index contributed by atoms with van der Waals surface area (Å²) in [5.41, 5.74) is 0. The predicted octanol–water partition coefficient (Wildman–Crippen LogP) is 4.00. The smallest absolute Gasteiger partial charge is 0.128 e. The second kappa shape index (κ2) is 4.89. The van der Waals surface area contributed by atoms with E-state index in [4.69, 9.17) is 4.74 Å². The van der Waals surface area contributed by atoms with Gasteiger partial charge in [-0.3, -0.25) is 0 Å². The lowest BCUT2D eigenvalue weighted by Gasteiger charge is -2.05. The Labute approximate surface area is 94.1 Å². The molecule has 0 fully saturated rings. The van der Waals surface area contributed by atoms with Crippen LogP contribution in [0.5, 0.6) is 11.5 Å². The fraction of sp³-hybridized carbons (Fsp3) is 0.0769. The lowest BCUT2D eigenvalue weighted by Crippen LogP contribution is -1.82. The van der Waals surface area contributed by atoms with Gasteiger partial charge in [0.05, 0.1) is 0 Å².